The molecule has 0 spiro atoms. The predicted octanol–water partition coefficient (Wildman–Crippen LogP) is 0.555. The highest BCUT2D eigenvalue weighted by Gasteiger charge is 2.21. The summed E-state index contributed by atoms with van der Waals surface area (Å²) >= 11 is 5.96. The van der Waals surface area contributed by atoms with Crippen molar-refractivity contribution in [2.45, 2.75) is 17.9 Å². The van der Waals surface area contributed by atoms with Crippen LogP contribution >= 0.6 is 11.6 Å². The largest absolute Gasteiger partial charge is 0.359 e. The number of nitrogens with one attached hydrogen (secondary N) is 1. The fourth-order valence-electron chi connectivity index (χ4n) is 1.54. The summed E-state index contributed by atoms with van der Waals surface area (Å²) in [6, 6.07) is 4.41. The second-order valence-corrected chi connectivity index (χ2v) is 6.66. The summed E-state index contributed by atoms with van der Waals surface area (Å²) in [4.78, 5) is 11.2. The molecule has 0 atom stereocenters. The van der Waals surface area contributed by atoms with Gasteiger partial charge in [0.2, 0.25) is 15.9 Å². The van der Waals surface area contributed by atoms with E-state index >= 15 is 0 Å². The van der Waals surface area contributed by atoms with E-state index in [1.165, 1.54) is 26.2 Å². The molecule has 0 saturated carbocycles. The van der Waals surface area contributed by atoms with E-state index in [4.69, 9.17) is 17.3 Å². The number of carbonyl (C=O) groups is 1. The van der Waals surface area contributed by atoms with Crippen LogP contribution in [0.4, 0.5) is 0 Å². The maximum atomic E-state index is 12.3. The van der Waals surface area contributed by atoms with Gasteiger partial charge in [0.05, 0.1) is 4.90 Å². The molecule has 0 aliphatic rings. The van der Waals surface area contributed by atoms with Crippen LogP contribution in [0.1, 0.15) is 12.0 Å². The second-order valence-electron chi connectivity index (χ2n) is 4.21. The van der Waals surface area contributed by atoms with Crippen LogP contribution < -0.4 is 11.1 Å². The van der Waals surface area contributed by atoms with Gasteiger partial charge in [0.15, 0.2) is 0 Å². The summed E-state index contributed by atoms with van der Waals surface area (Å²) in [7, 11) is -0.740. The number of halogens is 1. The first-order chi connectivity index (χ1) is 9.32. The fraction of sp³-hybridized carbons (Fsp3) is 0.417. The van der Waals surface area contributed by atoms with Crippen molar-refractivity contribution in [2.24, 2.45) is 5.73 Å². The minimum atomic E-state index is -3.66. The zero-order chi connectivity index (χ0) is 15.3. The van der Waals surface area contributed by atoms with Crippen molar-refractivity contribution < 1.29 is 13.2 Å². The van der Waals surface area contributed by atoms with Gasteiger partial charge in [-0.15, -0.1) is 0 Å². The first-order valence-corrected chi connectivity index (χ1v) is 7.80. The number of benzene rings is 1. The topological polar surface area (TPSA) is 92.5 Å². The summed E-state index contributed by atoms with van der Waals surface area (Å²) in [5, 5.41) is 2.75. The lowest BCUT2D eigenvalue weighted by Crippen LogP contribution is -2.31. The van der Waals surface area contributed by atoms with Gasteiger partial charge in [-0.3, -0.25) is 4.79 Å². The van der Waals surface area contributed by atoms with Crippen LogP contribution in [0.15, 0.2) is 23.1 Å². The molecular formula is C12H18ClN3O3S. The molecule has 0 aromatic heterocycles. The lowest BCUT2D eigenvalue weighted by molar-refractivity contribution is -0.120. The smallest absolute Gasteiger partial charge is 0.242 e. The number of hydrogen-bond donors (Lipinski definition) is 2. The van der Waals surface area contributed by atoms with Crippen LogP contribution in [0.25, 0.3) is 0 Å². The molecule has 0 saturated heterocycles. The Balaban J connectivity index is 2.92. The minimum Gasteiger partial charge on any atom is -0.359 e. The zero-order valence-corrected chi connectivity index (χ0v) is 13.0. The fourth-order valence-corrected chi connectivity index (χ4v) is 3.06. The maximum absolute atomic E-state index is 12.3. The predicted molar refractivity (Wildman–Crippen MR) is 77.8 cm³/mol. The molecule has 0 heterocycles. The van der Waals surface area contributed by atoms with Crippen LogP contribution in [0, 0.1) is 0 Å². The third-order valence-electron chi connectivity index (χ3n) is 2.89. The molecule has 3 N–H and O–H groups in total. The Morgan fingerprint density at radius 1 is 1.45 bits per heavy atom. The minimum absolute atomic E-state index is 0.0825. The SMILES string of the molecule is CNC(=O)CCN(C)S(=O)(=O)c1ccc(CN)c(Cl)c1. The van der Waals surface area contributed by atoms with Gasteiger partial charge >= 0.3 is 0 Å². The van der Waals surface area contributed by atoms with Gasteiger partial charge in [-0.2, -0.15) is 0 Å². The number of nitrogens with two attached hydrogens (primary N) is 1. The number of sulfonamides is 1. The first-order valence-electron chi connectivity index (χ1n) is 5.98. The molecule has 0 fully saturated rings. The van der Waals surface area contributed by atoms with Crippen molar-refractivity contribution >= 4 is 27.5 Å². The van der Waals surface area contributed by atoms with E-state index in [0.29, 0.717) is 10.6 Å². The van der Waals surface area contributed by atoms with Gasteiger partial charge in [-0.05, 0) is 17.7 Å². The quantitative estimate of drug-likeness (QED) is 0.801. The second kappa shape index (κ2) is 7.03. The lowest BCUT2D eigenvalue weighted by atomic mass is 10.2. The van der Waals surface area contributed by atoms with Gasteiger partial charge in [0, 0.05) is 38.6 Å². The summed E-state index contributed by atoms with van der Waals surface area (Å²) in [5.41, 5.74) is 6.16. The molecule has 1 amide bonds. The number of nitrogens with zero attached hydrogens (tertiary/aromatic N) is 1. The lowest BCUT2D eigenvalue weighted by Gasteiger charge is -2.17. The van der Waals surface area contributed by atoms with Crippen molar-refractivity contribution in [3.05, 3.63) is 28.8 Å². The molecule has 20 heavy (non-hydrogen) atoms. The van der Waals surface area contributed by atoms with E-state index in [2.05, 4.69) is 5.32 Å². The Hall–Kier alpha value is -1.15. The summed E-state index contributed by atoms with van der Waals surface area (Å²) < 4.78 is 25.7. The van der Waals surface area contributed by atoms with Crippen LogP contribution in [-0.2, 0) is 21.4 Å². The Bertz CT molecular complexity index is 590. The molecule has 0 aliphatic heterocycles. The van der Waals surface area contributed by atoms with Gasteiger partial charge in [0.25, 0.3) is 0 Å². The molecule has 8 heteroatoms. The zero-order valence-electron chi connectivity index (χ0n) is 11.4. The third-order valence-corrected chi connectivity index (χ3v) is 5.09. The molecule has 1 aromatic rings. The molecule has 1 rings (SSSR count). The molecular weight excluding hydrogens is 302 g/mol. The Kier molecular flexibility index (Phi) is 5.94. The summed E-state index contributed by atoms with van der Waals surface area (Å²) in [6.07, 6.45) is 0.0981. The monoisotopic (exact) mass is 319 g/mol. The van der Waals surface area contributed by atoms with E-state index in [-0.39, 0.29) is 30.3 Å². The van der Waals surface area contributed by atoms with Crippen molar-refractivity contribution in [1.29, 1.82) is 0 Å². The Morgan fingerprint density at radius 3 is 2.60 bits per heavy atom. The van der Waals surface area contributed by atoms with E-state index < -0.39 is 10.0 Å². The van der Waals surface area contributed by atoms with Crippen LogP contribution in [-0.4, -0.2) is 39.3 Å². The van der Waals surface area contributed by atoms with Gasteiger partial charge in [-0.1, -0.05) is 17.7 Å². The summed E-state index contributed by atoms with van der Waals surface area (Å²) in [6.45, 7) is 0.337. The van der Waals surface area contributed by atoms with Gasteiger partial charge in [0.1, 0.15) is 0 Å². The van der Waals surface area contributed by atoms with Gasteiger partial charge in [-0.25, -0.2) is 12.7 Å². The highest BCUT2D eigenvalue weighted by Crippen LogP contribution is 2.22. The van der Waals surface area contributed by atoms with E-state index in [0.717, 1.165) is 4.31 Å². The maximum Gasteiger partial charge on any atom is 0.242 e. The highest BCUT2D eigenvalue weighted by molar-refractivity contribution is 7.89. The molecule has 0 radical (unpaired) electrons. The number of hydrogen-bond acceptors (Lipinski definition) is 4. The van der Waals surface area contributed by atoms with Crippen molar-refractivity contribution in [2.75, 3.05) is 20.6 Å². The van der Waals surface area contributed by atoms with E-state index in [9.17, 15) is 13.2 Å². The van der Waals surface area contributed by atoms with Crippen LogP contribution in [0.3, 0.4) is 0 Å². The molecule has 6 nitrogen and oxygen atoms in total. The van der Waals surface area contributed by atoms with Gasteiger partial charge < -0.3 is 11.1 Å². The third kappa shape index (κ3) is 3.92. The Morgan fingerprint density at radius 2 is 2.10 bits per heavy atom. The highest BCUT2D eigenvalue weighted by atomic mass is 35.5. The number of rotatable bonds is 6. The molecule has 0 aliphatic carbocycles. The standard InChI is InChI=1S/C12H18ClN3O3S/c1-15-12(17)5-6-16(2)20(18,19)10-4-3-9(8-14)11(13)7-10/h3-4,7H,5-6,8,14H2,1-2H3,(H,15,17). The number of amides is 1. The average Bonchev–Trinajstić information content (AvgIpc) is 2.43. The Labute approximate surface area is 123 Å². The van der Waals surface area contributed by atoms with Crippen molar-refractivity contribution in [1.82, 2.24) is 9.62 Å². The molecule has 0 bridgehead atoms. The van der Waals surface area contributed by atoms with Crippen LogP contribution in [0.5, 0.6) is 0 Å². The molecule has 1 aromatic carbocycles. The average molecular weight is 320 g/mol. The van der Waals surface area contributed by atoms with Crippen molar-refractivity contribution in [3.8, 4) is 0 Å². The summed E-state index contributed by atoms with van der Waals surface area (Å²) in [5.74, 6) is -0.219. The molecule has 112 valence electrons. The first kappa shape index (κ1) is 16.9. The molecule has 0 unspecified atom stereocenters. The van der Waals surface area contributed by atoms with Crippen LogP contribution in [0.2, 0.25) is 5.02 Å². The number of carbonyl (C=O) groups excluding carboxylic acids is 1. The van der Waals surface area contributed by atoms with E-state index in [1.807, 2.05) is 0 Å². The normalized spacial score (nSPS) is 11.7. The van der Waals surface area contributed by atoms with Crippen molar-refractivity contribution in [3.63, 3.8) is 0 Å². The van der Waals surface area contributed by atoms with E-state index in [1.54, 1.807) is 6.07 Å².